The van der Waals surface area contributed by atoms with Gasteiger partial charge in [0.1, 0.15) is 11.9 Å². The normalized spacial score (nSPS) is 38.9. The van der Waals surface area contributed by atoms with Gasteiger partial charge in [-0.15, -0.1) is 0 Å². The first-order valence-electron chi connectivity index (χ1n) is 13.0. The SMILES string of the molecule is CC(=O)O[C@H]1C/C=C(\C)[C@H]2CC[C@]3(C)[C@@H]([C@H](C)CCCC(C)C)CC[C@H]3[C@@H]2CC(=O)C1. The van der Waals surface area contributed by atoms with Gasteiger partial charge in [0.2, 0.25) is 0 Å². The topological polar surface area (TPSA) is 43.4 Å². The van der Waals surface area contributed by atoms with Crippen molar-refractivity contribution in [3.63, 3.8) is 0 Å². The monoisotopic (exact) mass is 430 g/mol. The Hall–Kier alpha value is -1.12. The van der Waals surface area contributed by atoms with Gasteiger partial charge >= 0.3 is 5.97 Å². The maximum absolute atomic E-state index is 13.0. The Morgan fingerprint density at radius 1 is 1.16 bits per heavy atom. The molecule has 0 aromatic heterocycles. The largest absolute Gasteiger partial charge is 0.462 e. The molecule has 2 saturated carbocycles. The molecular weight excluding hydrogens is 384 g/mol. The van der Waals surface area contributed by atoms with Crippen LogP contribution in [-0.2, 0) is 14.3 Å². The Labute approximate surface area is 190 Å². The lowest BCUT2D eigenvalue weighted by Crippen LogP contribution is -2.43. The molecule has 3 heteroatoms. The molecule has 2 fully saturated rings. The Balaban J connectivity index is 1.75. The number of carbonyl (C=O) groups excluding carboxylic acids is 2. The zero-order chi connectivity index (χ0) is 22.8. The van der Waals surface area contributed by atoms with E-state index in [1.54, 1.807) is 0 Å². The number of esters is 1. The maximum Gasteiger partial charge on any atom is 0.302 e. The number of hydrogen-bond donors (Lipinski definition) is 0. The van der Waals surface area contributed by atoms with Crippen LogP contribution in [0.1, 0.15) is 106 Å². The zero-order valence-corrected chi connectivity index (χ0v) is 20.9. The van der Waals surface area contributed by atoms with E-state index in [0.717, 1.165) is 17.8 Å². The van der Waals surface area contributed by atoms with E-state index in [4.69, 9.17) is 4.74 Å². The van der Waals surface area contributed by atoms with E-state index >= 15 is 0 Å². The van der Waals surface area contributed by atoms with Gasteiger partial charge in [-0.1, -0.05) is 58.6 Å². The standard InChI is InChI=1S/C28H46O3/c1-18(2)8-7-9-20(4)26-12-13-27-25-17-22(30)16-23(31-21(5)29)11-10-19(3)24(25)14-15-28(26,27)6/h10,18,20,23-27H,7-9,11-17H2,1-6H3/b19-10+/t20-,23+,24-,25-,26-,27+,28-/m1/s1. The minimum absolute atomic E-state index is 0.279. The minimum Gasteiger partial charge on any atom is -0.462 e. The summed E-state index contributed by atoms with van der Waals surface area (Å²) in [5, 5.41) is 0. The van der Waals surface area contributed by atoms with Gasteiger partial charge in [0, 0.05) is 26.2 Å². The molecule has 31 heavy (non-hydrogen) atoms. The van der Waals surface area contributed by atoms with Crippen LogP contribution in [0.4, 0.5) is 0 Å². The van der Waals surface area contributed by atoms with Crippen LogP contribution >= 0.6 is 0 Å². The van der Waals surface area contributed by atoms with E-state index in [0.29, 0.717) is 48.2 Å². The molecule has 3 aliphatic rings. The molecule has 176 valence electrons. The molecule has 0 spiro atoms. The fourth-order valence-corrected chi connectivity index (χ4v) is 7.64. The van der Waals surface area contributed by atoms with Crippen molar-refractivity contribution in [1.29, 1.82) is 0 Å². The van der Waals surface area contributed by atoms with Crippen LogP contribution in [0.5, 0.6) is 0 Å². The fourth-order valence-electron chi connectivity index (χ4n) is 7.64. The van der Waals surface area contributed by atoms with E-state index < -0.39 is 0 Å². The first-order chi connectivity index (χ1) is 14.6. The quantitative estimate of drug-likeness (QED) is 0.332. The molecule has 0 unspecified atom stereocenters. The summed E-state index contributed by atoms with van der Waals surface area (Å²) in [7, 11) is 0. The average Bonchev–Trinajstić information content (AvgIpc) is 3.04. The van der Waals surface area contributed by atoms with Crippen molar-refractivity contribution < 1.29 is 14.3 Å². The van der Waals surface area contributed by atoms with E-state index in [2.05, 4.69) is 40.7 Å². The highest BCUT2D eigenvalue weighted by Crippen LogP contribution is 2.62. The smallest absolute Gasteiger partial charge is 0.302 e. The third-order valence-corrected chi connectivity index (χ3v) is 9.18. The molecule has 0 aliphatic heterocycles. The summed E-state index contributed by atoms with van der Waals surface area (Å²) in [6.07, 6.45) is 12.9. The molecule has 3 aliphatic carbocycles. The number of ether oxygens (including phenoxy) is 1. The molecule has 7 atom stereocenters. The lowest BCUT2D eigenvalue weighted by Gasteiger charge is -2.50. The third kappa shape index (κ3) is 5.63. The molecule has 3 rings (SSSR count). The predicted octanol–water partition coefficient (Wildman–Crippen LogP) is 7.14. The van der Waals surface area contributed by atoms with Crippen LogP contribution in [0.2, 0.25) is 0 Å². The van der Waals surface area contributed by atoms with E-state index in [-0.39, 0.29) is 12.1 Å². The Morgan fingerprint density at radius 3 is 2.58 bits per heavy atom. The van der Waals surface area contributed by atoms with Crippen molar-refractivity contribution in [3.8, 4) is 0 Å². The summed E-state index contributed by atoms with van der Waals surface area (Å²) in [6, 6.07) is 0. The van der Waals surface area contributed by atoms with Crippen LogP contribution in [-0.4, -0.2) is 17.9 Å². The highest BCUT2D eigenvalue weighted by Gasteiger charge is 2.55. The number of Topliss-reactive ketones (excluding diaryl/α,β-unsaturated/α-hetero) is 1. The Morgan fingerprint density at radius 2 is 1.90 bits per heavy atom. The van der Waals surface area contributed by atoms with E-state index in [1.165, 1.54) is 57.4 Å². The van der Waals surface area contributed by atoms with Gasteiger partial charge in [0.05, 0.1) is 0 Å². The zero-order valence-electron chi connectivity index (χ0n) is 20.9. The van der Waals surface area contributed by atoms with E-state index in [9.17, 15) is 9.59 Å². The van der Waals surface area contributed by atoms with Crippen LogP contribution < -0.4 is 0 Å². The number of ketones is 1. The van der Waals surface area contributed by atoms with E-state index in [1.807, 2.05) is 0 Å². The first-order valence-corrected chi connectivity index (χ1v) is 13.0. The second kappa shape index (κ2) is 10.2. The van der Waals surface area contributed by atoms with Gasteiger partial charge in [-0.05, 0) is 73.5 Å². The predicted molar refractivity (Wildman–Crippen MR) is 127 cm³/mol. The van der Waals surface area contributed by atoms with Crippen LogP contribution in [0, 0.1) is 40.9 Å². The van der Waals surface area contributed by atoms with Crippen molar-refractivity contribution >= 4 is 11.8 Å². The van der Waals surface area contributed by atoms with Crippen LogP contribution in [0.25, 0.3) is 0 Å². The van der Waals surface area contributed by atoms with Gasteiger partial charge in [-0.25, -0.2) is 0 Å². The number of carbonyl (C=O) groups is 2. The summed E-state index contributed by atoms with van der Waals surface area (Å²) in [6.45, 7) is 13.4. The number of hydrogen-bond acceptors (Lipinski definition) is 3. The molecule has 0 N–H and O–H groups in total. The maximum atomic E-state index is 13.0. The Bertz CT molecular complexity index is 678. The average molecular weight is 431 g/mol. The molecule has 3 nitrogen and oxygen atoms in total. The highest BCUT2D eigenvalue weighted by atomic mass is 16.5. The molecule has 0 amide bonds. The second-order valence-corrected chi connectivity index (χ2v) is 11.8. The van der Waals surface area contributed by atoms with Crippen molar-refractivity contribution in [2.24, 2.45) is 40.9 Å². The van der Waals surface area contributed by atoms with Gasteiger partial charge < -0.3 is 4.74 Å². The summed E-state index contributed by atoms with van der Waals surface area (Å²) >= 11 is 0. The van der Waals surface area contributed by atoms with Gasteiger partial charge in [-0.3, -0.25) is 9.59 Å². The first kappa shape index (κ1) is 24.5. The van der Waals surface area contributed by atoms with Crippen molar-refractivity contribution in [2.45, 2.75) is 112 Å². The lowest BCUT2D eigenvalue weighted by molar-refractivity contribution is -0.147. The molecule has 0 bridgehead atoms. The molecule has 0 saturated heterocycles. The van der Waals surface area contributed by atoms with Gasteiger partial charge in [0.15, 0.2) is 0 Å². The second-order valence-electron chi connectivity index (χ2n) is 11.8. The molecular formula is C28H46O3. The van der Waals surface area contributed by atoms with Crippen molar-refractivity contribution in [3.05, 3.63) is 11.6 Å². The van der Waals surface area contributed by atoms with Gasteiger partial charge in [-0.2, -0.15) is 0 Å². The molecule has 0 aromatic carbocycles. The number of rotatable bonds is 6. The summed E-state index contributed by atoms with van der Waals surface area (Å²) in [4.78, 5) is 24.5. The molecule has 0 aromatic rings. The molecule has 0 heterocycles. The number of fused-ring (bicyclic) bond motifs is 3. The molecule has 0 radical (unpaired) electrons. The van der Waals surface area contributed by atoms with Crippen LogP contribution in [0.15, 0.2) is 11.6 Å². The van der Waals surface area contributed by atoms with Gasteiger partial charge in [0.25, 0.3) is 0 Å². The highest BCUT2D eigenvalue weighted by molar-refractivity contribution is 5.80. The lowest BCUT2D eigenvalue weighted by atomic mass is 9.54. The third-order valence-electron chi connectivity index (χ3n) is 9.18. The Kier molecular flexibility index (Phi) is 8.08. The van der Waals surface area contributed by atoms with Crippen LogP contribution in [0.3, 0.4) is 0 Å². The number of allylic oxidation sites excluding steroid dienone is 1. The van der Waals surface area contributed by atoms with Crippen molar-refractivity contribution in [1.82, 2.24) is 0 Å². The van der Waals surface area contributed by atoms with Crippen molar-refractivity contribution in [2.75, 3.05) is 0 Å². The summed E-state index contributed by atoms with van der Waals surface area (Å²) in [5.74, 6) is 4.03. The summed E-state index contributed by atoms with van der Waals surface area (Å²) in [5.41, 5.74) is 1.80. The summed E-state index contributed by atoms with van der Waals surface area (Å²) < 4.78 is 5.46. The fraction of sp³-hybridized carbons (Fsp3) is 0.857. The minimum atomic E-state index is -0.288.